The SMILES string of the molecule is CC(=O)c1cccc(-c2cc(NC3=CC[CH]C=C3)ncn2)c1. The maximum absolute atomic E-state index is 11.5. The van der Waals surface area contributed by atoms with Crippen LogP contribution >= 0.6 is 0 Å². The van der Waals surface area contributed by atoms with Gasteiger partial charge in [0, 0.05) is 22.9 Å². The molecule has 3 rings (SSSR count). The molecule has 1 heterocycles. The standard InChI is InChI=1S/C18H16N3O/c1-13(22)14-6-5-7-15(10-14)17-11-18(20-12-19-17)21-16-8-3-2-4-9-16/h2-3,5-12H,4H2,1H3,(H,19,20,21). The number of nitrogens with zero attached hydrogens (tertiary/aromatic N) is 2. The van der Waals surface area contributed by atoms with Gasteiger partial charge in [-0.15, -0.1) is 0 Å². The Bertz CT molecular complexity index is 762. The highest BCUT2D eigenvalue weighted by Gasteiger charge is 2.06. The van der Waals surface area contributed by atoms with Crippen molar-refractivity contribution in [2.24, 2.45) is 0 Å². The fourth-order valence-electron chi connectivity index (χ4n) is 2.23. The number of Topliss-reactive ketones (excluding diaryl/α,β-unsaturated/α-hetero) is 1. The highest BCUT2D eigenvalue weighted by atomic mass is 16.1. The molecule has 0 saturated heterocycles. The number of benzene rings is 1. The quantitative estimate of drug-likeness (QED) is 0.870. The molecular weight excluding hydrogens is 274 g/mol. The zero-order chi connectivity index (χ0) is 15.4. The molecule has 4 nitrogen and oxygen atoms in total. The van der Waals surface area contributed by atoms with E-state index in [1.165, 1.54) is 6.33 Å². The lowest BCUT2D eigenvalue weighted by atomic mass is 10.1. The molecule has 1 radical (unpaired) electrons. The molecule has 1 aliphatic carbocycles. The normalized spacial score (nSPS) is 13.6. The third kappa shape index (κ3) is 3.28. The van der Waals surface area contributed by atoms with E-state index >= 15 is 0 Å². The Hall–Kier alpha value is -2.75. The van der Waals surface area contributed by atoms with Crippen molar-refractivity contribution in [3.8, 4) is 11.3 Å². The molecule has 0 saturated carbocycles. The lowest BCUT2D eigenvalue weighted by Gasteiger charge is -2.10. The van der Waals surface area contributed by atoms with E-state index in [1.807, 2.05) is 36.4 Å². The van der Waals surface area contributed by atoms with Gasteiger partial charge in [-0.05, 0) is 31.9 Å². The molecule has 1 aliphatic rings. The average molecular weight is 290 g/mol. The number of carbonyl (C=O) groups excluding carboxylic acids is 1. The number of rotatable bonds is 4. The molecule has 0 fully saturated rings. The maximum atomic E-state index is 11.5. The molecule has 0 unspecified atom stereocenters. The van der Waals surface area contributed by atoms with Crippen molar-refractivity contribution in [1.82, 2.24) is 9.97 Å². The summed E-state index contributed by atoms with van der Waals surface area (Å²) in [6.45, 7) is 1.56. The smallest absolute Gasteiger partial charge is 0.159 e. The summed E-state index contributed by atoms with van der Waals surface area (Å²) in [5.41, 5.74) is 3.39. The van der Waals surface area contributed by atoms with Crippen LogP contribution in [0.15, 0.2) is 60.6 Å². The van der Waals surface area contributed by atoms with Gasteiger partial charge in [-0.2, -0.15) is 0 Å². The van der Waals surface area contributed by atoms with Crippen molar-refractivity contribution in [2.45, 2.75) is 13.3 Å². The summed E-state index contributed by atoms with van der Waals surface area (Å²) >= 11 is 0. The Morgan fingerprint density at radius 2 is 2.14 bits per heavy atom. The van der Waals surface area contributed by atoms with Crippen LogP contribution in [0, 0.1) is 6.42 Å². The van der Waals surface area contributed by atoms with E-state index in [9.17, 15) is 4.79 Å². The number of nitrogens with one attached hydrogen (secondary N) is 1. The second kappa shape index (κ2) is 6.35. The molecule has 109 valence electrons. The van der Waals surface area contributed by atoms with Crippen LogP contribution in [0.1, 0.15) is 23.7 Å². The number of allylic oxidation sites excluding steroid dienone is 3. The van der Waals surface area contributed by atoms with E-state index in [0.29, 0.717) is 5.56 Å². The molecule has 0 aliphatic heterocycles. The first-order chi connectivity index (χ1) is 10.7. The topological polar surface area (TPSA) is 54.9 Å². The average Bonchev–Trinajstić information content (AvgIpc) is 2.56. The molecule has 1 aromatic carbocycles. The number of hydrogen-bond donors (Lipinski definition) is 1. The van der Waals surface area contributed by atoms with Crippen LogP contribution in [0.3, 0.4) is 0 Å². The monoisotopic (exact) mass is 290 g/mol. The zero-order valence-electron chi connectivity index (χ0n) is 12.3. The minimum atomic E-state index is 0.0444. The number of ketones is 1. The third-order valence-corrected chi connectivity index (χ3v) is 3.39. The van der Waals surface area contributed by atoms with Crippen molar-refractivity contribution in [3.63, 3.8) is 0 Å². The second-order valence-corrected chi connectivity index (χ2v) is 5.04. The minimum Gasteiger partial charge on any atom is -0.340 e. The van der Waals surface area contributed by atoms with Gasteiger partial charge in [0.15, 0.2) is 5.78 Å². The van der Waals surface area contributed by atoms with Gasteiger partial charge in [-0.25, -0.2) is 9.97 Å². The van der Waals surface area contributed by atoms with Gasteiger partial charge in [0.1, 0.15) is 12.1 Å². The van der Waals surface area contributed by atoms with E-state index in [2.05, 4.69) is 27.8 Å². The van der Waals surface area contributed by atoms with E-state index < -0.39 is 0 Å². The predicted molar refractivity (Wildman–Crippen MR) is 87.2 cm³/mol. The Balaban J connectivity index is 1.87. The van der Waals surface area contributed by atoms with Crippen molar-refractivity contribution in [2.75, 3.05) is 5.32 Å². The zero-order valence-corrected chi connectivity index (χ0v) is 12.3. The molecule has 1 N–H and O–H groups in total. The Labute approximate surface area is 129 Å². The van der Waals surface area contributed by atoms with Crippen molar-refractivity contribution in [3.05, 3.63) is 72.6 Å². The van der Waals surface area contributed by atoms with E-state index in [4.69, 9.17) is 0 Å². The Morgan fingerprint density at radius 3 is 2.91 bits per heavy atom. The van der Waals surface area contributed by atoms with Gasteiger partial charge in [-0.1, -0.05) is 30.4 Å². The molecule has 2 aromatic rings. The van der Waals surface area contributed by atoms with Crippen LogP contribution in [0.4, 0.5) is 5.82 Å². The van der Waals surface area contributed by atoms with Crippen LogP contribution in [-0.2, 0) is 0 Å². The van der Waals surface area contributed by atoms with E-state index in [1.54, 1.807) is 13.0 Å². The van der Waals surface area contributed by atoms with Crippen molar-refractivity contribution in [1.29, 1.82) is 0 Å². The van der Waals surface area contributed by atoms with Gasteiger partial charge in [0.05, 0.1) is 5.69 Å². The van der Waals surface area contributed by atoms with Gasteiger partial charge < -0.3 is 5.32 Å². The number of anilines is 1. The lowest BCUT2D eigenvalue weighted by Crippen LogP contribution is -2.02. The minimum absolute atomic E-state index is 0.0444. The van der Waals surface area contributed by atoms with Crippen LogP contribution < -0.4 is 5.32 Å². The van der Waals surface area contributed by atoms with Crippen molar-refractivity contribution < 1.29 is 4.79 Å². The molecular formula is C18H16N3O. The summed E-state index contributed by atoms with van der Waals surface area (Å²) in [4.78, 5) is 20.0. The molecule has 0 atom stereocenters. The first kappa shape index (κ1) is 14.2. The fraction of sp³-hybridized carbons (Fsp3) is 0.111. The molecule has 1 aromatic heterocycles. The third-order valence-electron chi connectivity index (χ3n) is 3.39. The molecule has 0 bridgehead atoms. The van der Waals surface area contributed by atoms with Crippen LogP contribution in [0.5, 0.6) is 0 Å². The summed E-state index contributed by atoms with van der Waals surface area (Å²) in [5, 5.41) is 3.26. The summed E-state index contributed by atoms with van der Waals surface area (Å²) in [6, 6.07) is 9.34. The maximum Gasteiger partial charge on any atom is 0.159 e. The molecule has 4 heteroatoms. The van der Waals surface area contributed by atoms with Crippen LogP contribution in [0.25, 0.3) is 11.3 Å². The Kier molecular flexibility index (Phi) is 4.10. The summed E-state index contributed by atoms with van der Waals surface area (Å²) in [6.07, 6.45) is 10.6. The molecule has 0 amide bonds. The lowest BCUT2D eigenvalue weighted by molar-refractivity contribution is 0.101. The summed E-state index contributed by atoms with van der Waals surface area (Å²) < 4.78 is 0. The van der Waals surface area contributed by atoms with Gasteiger partial charge in [0.25, 0.3) is 0 Å². The first-order valence-electron chi connectivity index (χ1n) is 7.13. The second-order valence-electron chi connectivity index (χ2n) is 5.04. The highest BCUT2D eigenvalue weighted by molar-refractivity contribution is 5.95. The summed E-state index contributed by atoms with van der Waals surface area (Å²) in [5.74, 6) is 0.777. The Morgan fingerprint density at radius 1 is 1.23 bits per heavy atom. The number of hydrogen-bond acceptors (Lipinski definition) is 4. The highest BCUT2D eigenvalue weighted by Crippen LogP contribution is 2.21. The van der Waals surface area contributed by atoms with Crippen LogP contribution in [-0.4, -0.2) is 15.8 Å². The number of aromatic nitrogens is 2. The molecule has 22 heavy (non-hydrogen) atoms. The summed E-state index contributed by atoms with van der Waals surface area (Å²) in [7, 11) is 0. The van der Waals surface area contributed by atoms with Gasteiger partial charge >= 0.3 is 0 Å². The van der Waals surface area contributed by atoms with E-state index in [-0.39, 0.29) is 5.78 Å². The van der Waals surface area contributed by atoms with E-state index in [0.717, 1.165) is 29.2 Å². The van der Waals surface area contributed by atoms with Gasteiger partial charge in [-0.3, -0.25) is 4.79 Å². The first-order valence-corrected chi connectivity index (χ1v) is 7.13. The van der Waals surface area contributed by atoms with Gasteiger partial charge in [0.2, 0.25) is 0 Å². The largest absolute Gasteiger partial charge is 0.340 e. The van der Waals surface area contributed by atoms with Crippen molar-refractivity contribution >= 4 is 11.6 Å². The number of carbonyl (C=O) groups is 1. The fourth-order valence-corrected chi connectivity index (χ4v) is 2.23. The predicted octanol–water partition coefficient (Wildman–Crippen LogP) is 3.81. The molecule has 0 spiro atoms. The van der Waals surface area contributed by atoms with Crippen LogP contribution in [0.2, 0.25) is 0 Å².